The Bertz CT molecular complexity index is 766. The highest BCUT2D eigenvalue weighted by Gasteiger charge is 2.10. The first-order valence-electron chi connectivity index (χ1n) is 6.52. The molecule has 0 aliphatic carbocycles. The van der Waals surface area contributed by atoms with Gasteiger partial charge in [-0.1, -0.05) is 23.7 Å². The summed E-state index contributed by atoms with van der Waals surface area (Å²) in [6, 6.07) is 11.6. The number of aromatic nitrogens is 2. The molecule has 0 bridgehead atoms. The minimum atomic E-state index is 0.682. The fourth-order valence-electron chi connectivity index (χ4n) is 2.30. The van der Waals surface area contributed by atoms with Crippen LogP contribution < -0.4 is 9.47 Å². The van der Waals surface area contributed by atoms with E-state index in [0.29, 0.717) is 11.5 Å². The Kier molecular flexibility index (Phi) is 3.71. The molecule has 0 saturated heterocycles. The van der Waals surface area contributed by atoms with Gasteiger partial charge in [-0.25, -0.2) is 4.98 Å². The van der Waals surface area contributed by atoms with Crippen LogP contribution in [0.2, 0.25) is 5.02 Å². The Morgan fingerprint density at radius 3 is 2.38 bits per heavy atom. The number of rotatable bonds is 4. The Morgan fingerprint density at radius 2 is 1.71 bits per heavy atom. The summed E-state index contributed by atoms with van der Waals surface area (Å²) in [5.74, 6) is 1.38. The third-order valence-corrected chi connectivity index (χ3v) is 3.64. The van der Waals surface area contributed by atoms with Crippen molar-refractivity contribution in [1.29, 1.82) is 0 Å². The molecule has 0 amide bonds. The molecule has 21 heavy (non-hydrogen) atoms. The molecule has 1 heterocycles. The van der Waals surface area contributed by atoms with E-state index in [1.165, 1.54) is 0 Å². The minimum absolute atomic E-state index is 0.682. The van der Waals surface area contributed by atoms with E-state index in [1.54, 1.807) is 14.2 Å². The average molecular weight is 303 g/mol. The number of hydrogen-bond acceptors (Lipinski definition) is 3. The summed E-state index contributed by atoms with van der Waals surface area (Å²) in [4.78, 5) is 4.42. The van der Waals surface area contributed by atoms with Crippen LogP contribution in [0.1, 0.15) is 5.56 Å². The molecule has 0 aliphatic heterocycles. The SMILES string of the molecule is COc1cc2ncn(Cc3ccc(Cl)cc3)c2cc1OC. The third kappa shape index (κ3) is 2.67. The highest BCUT2D eigenvalue weighted by atomic mass is 35.5. The molecule has 0 spiro atoms. The average Bonchev–Trinajstić information content (AvgIpc) is 2.90. The summed E-state index contributed by atoms with van der Waals surface area (Å²) in [6.07, 6.45) is 1.82. The third-order valence-electron chi connectivity index (χ3n) is 3.39. The maximum Gasteiger partial charge on any atom is 0.163 e. The number of halogens is 1. The Balaban J connectivity index is 2.01. The van der Waals surface area contributed by atoms with Crippen molar-refractivity contribution in [2.75, 3.05) is 14.2 Å². The topological polar surface area (TPSA) is 36.3 Å². The predicted molar refractivity (Wildman–Crippen MR) is 83.4 cm³/mol. The van der Waals surface area contributed by atoms with Gasteiger partial charge in [0.05, 0.1) is 31.6 Å². The molecule has 5 heteroatoms. The van der Waals surface area contributed by atoms with Crippen molar-refractivity contribution < 1.29 is 9.47 Å². The molecular weight excluding hydrogens is 288 g/mol. The standard InChI is InChI=1S/C16H15ClN2O2/c1-20-15-7-13-14(8-16(15)21-2)19(10-18-13)9-11-3-5-12(17)6-4-11/h3-8,10H,9H2,1-2H3. The van der Waals surface area contributed by atoms with Crippen LogP contribution in [-0.4, -0.2) is 23.8 Å². The monoisotopic (exact) mass is 302 g/mol. The zero-order chi connectivity index (χ0) is 14.8. The molecule has 4 nitrogen and oxygen atoms in total. The van der Waals surface area contributed by atoms with Crippen LogP contribution in [0, 0.1) is 0 Å². The maximum absolute atomic E-state index is 5.91. The molecule has 0 aliphatic rings. The lowest BCUT2D eigenvalue weighted by Crippen LogP contribution is -1.98. The smallest absolute Gasteiger partial charge is 0.163 e. The van der Waals surface area contributed by atoms with E-state index in [-0.39, 0.29) is 0 Å². The zero-order valence-corrected chi connectivity index (χ0v) is 12.6. The quantitative estimate of drug-likeness (QED) is 0.736. The fourth-order valence-corrected chi connectivity index (χ4v) is 2.42. The summed E-state index contributed by atoms with van der Waals surface area (Å²) in [6.45, 7) is 0.725. The van der Waals surface area contributed by atoms with E-state index in [4.69, 9.17) is 21.1 Å². The van der Waals surface area contributed by atoms with Crippen molar-refractivity contribution in [3.8, 4) is 11.5 Å². The molecule has 1 aromatic heterocycles. The molecule has 0 N–H and O–H groups in total. The van der Waals surface area contributed by atoms with Crippen LogP contribution in [0.5, 0.6) is 11.5 Å². The van der Waals surface area contributed by atoms with Crippen LogP contribution >= 0.6 is 11.6 Å². The van der Waals surface area contributed by atoms with Gasteiger partial charge in [0.2, 0.25) is 0 Å². The van der Waals surface area contributed by atoms with Crippen molar-refractivity contribution in [2.24, 2.45) is 0 Å². The lowest BCUT2D eigenvalue weighted by Gasteiger charge is -2.09. The van der Waals surface area contributed by atoms with Crippen LogP contribution in [0.3, 0.4) is 0 Å². The van der Waals surface area contributed by atoms with Gasteiger partial charge in [0.15, 0.2) is 11.5 Å². The number of hydrogen-bond donors (Lipinski definition) is 0. The molecule has 0 unspecified atom stereocenters. The van der Waals surface area contributed by atoms with Gasteiger partial charge >= 0.3 is 0 Å². The van der Waals surface area contributed by atoms with Crippen molar-refractivity contribution in [1.82, 2.24) is 9.55 Å². The largest absolute Gasteiger partial charge is 0.493 e. The molecule has 0 saturated carbocycles. The van der Waals surface area contributed by atoms with E-state index < -0.39 is 0 Å². The van der Waals surface area contributed by atoms with Crippen molar-refractivity contribution in [2.45, 2.75) is 6.54 Å². The summed E-state index contributed by atoms with van der Waals surface area (Å²) in [5.41, 5.74) is 3.04. The van der Waals surface area contributed by atoms with E-state index in [9.17, 15) is 0 Å². The summed E-state index contributed by atoms with van der Waals surface area (Å²) in [7, 11) is 3.25. The lowest BCUT2D eigenvalue weighted by molar-refractivity contribution is 0.355. The number of methoxy groups -OCH3 is 2. The van der Waals surface area contributed by atoms with E-state index in [1.807, 2.05) is 42.7 Å². The molecule has 2 aromatic carbocycles. The van der Waals surface area contributed by atoms with Gasteiger partial charge < -0.3 is 14.0 Å². The number of nitrogens with zero attached hydrogens (tertiary/aromatic N) is 2. The van der Waals surface area contributed by atoms with Crippen LogP contribution in [0.15, 0.2) is 42.7 Å². The van der Waals surface area contributed by atoms with Crippen LogP contribution in [0.4, 0.5) is 0 Å². The van der Waals surface area contributed by atoms with Crippen molar-refractivity contribution in [3.63, 3.8) is 0 Å². The maximum atomic E-state index is 5.91. The molecule has 0 radical (unpaired) electrons. The molecule has 0 fully saturated rings. The van der Waals surface area contributed by atoms with Gasteiger partial charge in [-0.05, 0) is 17.7 Å². The highest BCUT2D eigenvalue weighted by Crippen LogP contribution is 2.31. The Labute approximate surface area is 127 Å². The summed E-state index contributed by atoms with van der Waals surface area (Å²) >= 11 is 5.91. The predicted octanol–water partition coefficient (Wildman–Crippen LogP) is 3.76. The van der Waals surface area contributed by atoms with Gasteiger partial charge in [0.1, 0.15) is 0 Å². The van der Waals surface area contributed by atoms with Gasteiger partial charge in [0, 0.05) is 23.7 Å². The fraction of sp³-hybridized carbons (Fsp3) is 0.188. The van der Waals surface area contributed by atoms with Crippen molar-refractivity contribution in [3.05, 3.63) is 53.3 Å². The second-order valence-corrected chi connectivity index (χ2v) is 5.13. The van der Waals surface area contributed by atoms with Gasteiger partial charge in [0.25, 0.3) is 0 Å². The van der Waals surface area contributed by atoms with Crippen LogP contribution in [0.25, 0.3) is 11.0 Å². The number of benzene rings is 2. The summed E-state index contributed by atoms with van der Waals surface area (Å²) < 4.78 is 12.7. The summed E-state index contributed by atoms with van der Waals surface area (Å²) in [5, 5.41) is 0.737. The van der Waals surface area contributed by atoms with Gasteiger partial charge in [-0.15, -0.1) is 0 Å². The molecular formula is C16H15ClN2O2. The normalized spacial score (nSPS) is 10.8. The Hall–Kier alpha value is -2.20. The second-order valence-electron chi connectivity index (χ2n) is 4.69. The minimum Gasteiger partial charge on any atom is -0.493 e. The van der Waals surface area contributed by atoms with E-state index in [0.717, 1.165) is 28.2 Å². The number of fused-ring (bicyclic) bond motifs is 1. The van der Waals surface area contributed by atoms with Gasteiger partial charge in [-0.3, -0.25) is 0 Å². The molecule has 108 valence electrons. The zero-order valence-electron chi connectivity index (χ0n) is 11.8. The number of imidazole rings is 1. The highest BCUT2D eigenvalue weighted by molar-refractivity contribution is 6.30. The first-order chi connectivity index (χ1) is 10.2. The lowest BCUT2D eigenvalue weighted by atomic mass is 10.2. The van der Waals surface area contributed by atoms with Crippen molar-refractivity contribution >= 4 is 22.6 Å². The Morgan fingerprint density at radius 1 is 1.05 bits per heavy atom. The molecule has 3 aromatic rings. The second kappa shape index (κ2) is 5.66. The van der Waals surface area contributed by atoms with E-state index >= 15 is 0 Å². The molecule has 3 rings (SSSR count). The first-order valence-corrected chi connectivity index (χ1v) is 6.90. The number of ether oxygens (including phenoxy) is 2. The van der Waals surface area contributed by atoms with Crippen LogP contribution in [-0.2, 0) is 6.54 Å². The van der Waals surface area contributed by atoms with E-state index in [2.05, 4.69) is 9.55 Å². The molecule has 0 atom stereocenters. The first kappa shape index (κ1) is 13.8. The van der Waals surface area contributed by atoms with Gasteiger partial charge in [-0.2, -0.15) is 0 Å².